The van der Waals surface area contributed by atoms with Crippen molar-refractivity contribution in [2.24, 2.45) is 11.8 Å². The fraction of sp³-hybridized carbons (Fsp3) is 1.00. The number of hydrogen-bond donors (Lipinski definition) is 1. The van der Waals surface area contributed by atoms with E-state index in [9.17, 15) is 0 Å². The van der Waals surface area contributed by atoms with Gasteiger partial charge in [-0.2, -0.15) is 0 Å². The first-order chi connectivity index (χ1) is 9.15. The van der Waals surface area contributed by atoms with Crippen LogP contribution < -0.4 is 5.32 Å². The van der Waals surface area contributed by atoms with Crippen molar-refractivity contribution in [2.75, 3.05) is 13.6 Å². The van der Waals surface area contributed by atoms with Crippen LogP contribution in [-0.4, -0.2) is 36.6 Å². The normalized spacial score (nSPS) is 32.2. The molecular weight excluding hydrogens is 232 g/mol. The third kappa shape index (κ3) is 4.19. The van der Waals surface area contributed by atoms with Crippen molar-refractivity contribution in [2.45, 2.75) is 83.8 Å². The number of nitrogens with zero attached hydrogens (tertiary/aromatic N) is 1. The van der Waals surface area contributed by atoms with Gasteiger partial charge in [-0.05, 0) is 64.0 Å². The van der Waals surface area contributed by atoms with Crippen LogP contribution >= 0.6 is 0 Å². The minimum Gasteiger partial charge on any atom is -0.315 e. The summed E-state index contributed by atoms with van der Waals surface area (Å²) in [5.41, 5.74) is 0. The molecule has 0 aromatic carbocycles. The van der Waals surface area contributed by atoms with E-state index in [0.29, 0.717) is 0 Å². The summed E-state index contributed by atoms with van der Waals surface area (Å²) in [7, 11) is 2.16. The monoisotopic (exact) mass is 266 g/mol. The molecule has 0 radical (unpaired) electrons. The molecule has 0 bridgehead atoms. The minimum absolute atomic E-state index is 0.732. The van der Waals surface area contributed by atoms with Gasteiger partial charge in [-0.25, -0.2) is 0 Å². The predicted octanol–water partition coefficient (Wildman–Crippen LogP) is 3.66. The lowest BCUT2D eigenvalue weighted by molar-refractivity contribution is 0.0870. The van der Waals surface area contributed by atoms with E-state index in [2.05, 4.69) is 38.0 Å². The molecule has 112 valence electrons. The second-order valence-corrected chi connectivity index (χ2v) is 7.20. The lowest BCUT2D eigenvalue weighted by atomic mass is 9.80. The number of hydrogen-bond acceptors (Lipinski definition) is 2. The Labute approximate surface area is 120 Å². The van der Waals surface area contributed by atoms with E-state index in [1.54, 1.807) is 0 Å². The topological polar surface area (TPSA) is 15.3 Å². The molecule has 0 heterocycles. The van der Waals surface area contributed by atoms with Crippen LogP contribution in [0.1, 0.15) is 65.7 Å². The maximum atomic E-state index is 3.61. The Morgan fingerprint density at radius 2 is 1.89 bits per heavy atom. The highest BCUT2D eigenvalue weighted by Crippen LogP contribution is 2.36. The molecule has 0 aromatic rings. The second-order valence-electron chi connectivity index (χ2n) is 7.20. The Balaban J connectivity index is 1.99. The van der Waals surface area contributed by atoms with E-state index in [1.165, 1.54) is 51.5 Å². The zero-order chi connectivity index (χ0) is 13.8. The van der Waals surface area contributed by atoms with Gasteiger partial charge in [0, 0.05) is 18.1 Å². The minimum atomic E-state index is 0.732. The molecule has 2 nitrogen and oxygen atoms in total. The summed E-state index contributed by atoms with van der Waals surface area (Å²) >= 11 is 0. The molecule has 3 atom stereocenters. The van der Waals surface area contributed by atoms with Crippen molar-refractivity contribution in [3.05, 3.63) is 0 Å². The number of rotatable bonds is 7. The Kier molecular flexibility index (Phi) is 5.70. The van der Waals surface area contributed by atoms with Crippen molar-refractivity contribution in [3.8, 4) is 0 Å². The highest BCUT2D eigenvalue weighted by Gasteiger charge is 2.39. The van der Waals surface area contributed by atoms with Gasteiger partial charge in [-0.1, -0.05) is 27.2 Å². The van der Waals surface area contributed by atoms with E-state index in [0.717, 1.165) is 30.0 Å². The average Bonchev–Trinajstić information content (AvgIpc) is 3.23. The van der Waals surface area contributed by atoms with E-state index in [1.807, 2.05) is 0 Å². The smallest absolute Gasteiger partial charge is 0.0254 e. The molecule has 2 fully saturated rings. The second kappa shape index (κ2) is 7.08. The molecule has 2 aliphatic carbocycles. The molecular formula is C17H34N2. The first-order valence-corrected chi connectivity index (χ1v) is 8.58. The first kappa shape index (κ1) is 15.3. The summed E-state index contributed by atoms with van der Waals surface area (Å²) in [6, 6.07) is 2.45. The van der Waals surface area contributed by atoms with Gasteiger partial charge < -0.3 is 5.32 Å². The van der Waals surface area contributed by atoms with Crippen LogP contribution in [0.25, 0.3) is 0 Å². The molecule has 0 spiro atoms. The summed E-state index contributed by atoms with van der Waals surface area (Å²) < 4.78 is 0. The molecule has 19 heavy (non-hydrogen) atoms. The molecule has 0 amide bonds. The van der Waals surface area contributed by atoms with Gasteiger partial charge >= 0.3 is 0 Å². The SMILES string of the molecule is CCC1CCC(NC)C(N(CCC(C)C)C2CC2)C1. The maximum Gasteiger partial charge on any atom is 0.0254 e. The highest BCUT2D eigenvalue weighted by atomic mass is 15.2. The van der Waals surface area contributed by atoms with Crippen molar-refractivity contribution in [3.63, 3.8) is 0 Å². The molecule has 0 saturated heterocycles. The van der Waals surface area contributed by atoms with Gasteiger partial charge in [0.05, 0.1) is 0 Å². The molecule has 2 rings (SSSR count). The van der Waals surface area contributed by atoms with Crippen molar-refractivity contribution in [1.82, 2.24) is 10.2 Å². The van der Waals surface area contributed by atoms with Crippen molar-refractivity contribution >= 4 is 0 Å². The van der Waals surface area contributed by atoms with Crippen LogP contribution in [0.15, 0.2) is 0 Å². The Hall–Kier alpha value is -0.0800. The predicted molar refractivity (Wildman–Crippen MR) is 83.5 cm³/mol. The third-order valence-electron chi connectivity index (χ3n) is 5.28. The molecule has 2 aliphatic rings. The first-order valence-electron chi connectivity index (χ1n) is 8.58. The van der Waals surface area contributed by atoms with Crippen LogP contribution in [0.2, 0.25) is 0 Å². The van der Waals surface area contributed by atoms with Crippen LogP contribution in [0.5, 0.6) is 0 Å². The van der Waals surface area contributed by atoms with Crippen LogP contribution in [0.3, 0.4) is 0 Å². The zero-order valence-corrected chi connectivity index (χ0v) is 13.5. The lowest BCUT2D eigenvalue weighted by Gasteiger charge is -2.43. The summed E-state index contributed by atoms with van der Waals surface area (Å²) in [5, 5.41) is 3.61. The Morgan fingerprint density at radius 1 is 1.16 bits per heavy atom. The van der Waals surface area contributed by atoms with E-state index < -0.39 is 0 Å². The molecule has 0 aromatic heterocycles. The van der Waals surface area contributed by atoms with E-state index >= 15 is 0 Å². The van der Waals surface area contributed by atoms with Crippen LogP contribution in [0, 0.1) is 11.8 Å². The van der Waals surface area contributed by atoms with Crippen LogP contribution in [0.4, 0.5) is 0 Å². The van der Waals surface area contributed by atoms with Gasteiger partial charge in [-0.3, -0.25) is 4.90 Å². The van der Waals surface area contributed by atoms with Crippen molar-refractivity contribution in [1.29, 1.82) is 0 Å². The van der Waals surface area contributed by atoms with Gasteiger partial charge in [-0.15, -0.1) is 0 Å². The largest absolute Gasteiger partial charge is 0.315 e. The zero-order valence-electron chi connectivity index (χ0n) is 13.5. The standard InChI is InChI=1S/C17H34N2/c1-5-14-6-9-16(18-4)17(12-14)19(15-7-8-15)11-10-13(2)3/h13-18H,5-12H2,1-4H3. The molecule has 2 saturated carbocycles. The molecule has 3 unspecified atom stereocenters. The fourth-order valence-corrected chi connectivity index (χ4v) is 3.74. The maximum absolute atomic E-state index is 3.61. The summed E-state index contributed by atoms with van der Waals surface area (Å²) in [4.78, 5) is 2.88. The summed E-state index contributed by atoms with van der Waals surface area (Å²) in [6.07, 6.45) is 9.86. The van der Waals surface area contributed by atoms with Crippen LogP contribution in [-0.2, 0) is 0 Å². The molecule has 1 N–H and O–H groups in total. The number of nitrogens with one attached hydrogen (secondary N) is 1. The van der Waals surface area contributed by atoms with E-state index in [4.69, 9.17) is 0 Å². The number of likely N-dealkylation sites (N-methyl/N-ethyl adjacent to an activating group) is 1. The molecule has 0 aliphatic heterocycles. The molecule has 2 heteroatoms. The fourth-order valence-electron chi connectivity index (χ4n) is 3.74. The van der Waals surface area contributed by atoms with Gasteiger partial charge in [0.2, 0.25) is 0 Å². The van der Waals surface area contributed by atoms with Gasteiger partial charge in [0.25, 0.3) is 0 Å². The Morgan fingerprint density at radius 3 is 2.42 bits per heavy atom. The third-order valence-corrected chi connectivity index (χ3v) is 5.28. The van der Waals surface area contributed by atoms with Gasteiger partial charge in [0.1, 0.15) is 0 Å². The van der Waals surface area contributed by atoms with Crippen molar-refractivity contribution < 1.29 is 0 Å². The Bertz CT molecular complexity index is 260. The summed E-state index contributed by atoms with van der Waals surface area (Å²) in [5.74, 6) is 1.80. The van der Waals surface area contributed by atoms with Gasteiger partial charge in [0.15, 0.2) is 0 Å². The van der Waals surface area contributed by atoms with E-state index in [-0.39, 0.29) is 0 Å². The average molecular weight is 266 g/mol. The summed E-state index contributed by atoms with van der Waals surface area (Å²) in [6.45, 7) is 8.41. The highest BCUT2D eigenvalue weighted by molar-refractivity contribution is 4.96. The lowest BCUT2D eigenvalue weighted by Crippen LogP contribution is -2.53. The quantitative estimate of drug-likeness (QED) is 0.756.